The van der Waals surface area contributed by atoms with Gasteiger partial charge in [-0.2, -0.15) is 0 Å². The molecule has 3 nitrogen and oxygen atoms in total. The highest BCUT2D eigenvalue weighted by Gasteiger charge is 2.22. The van der Waals surface area contributed by atoms with E-state index in [1.807, 2.05) is 35.6 Å². The first-order valence-corrected chi connectivity index (χ1v) is 12.9. The fourth-order valence-corrected chi connectivity index (χ4v) is 7.01. The summed E-state index contributed by atoms with van der Waals surface area (Å²) in [6.45, 7) is 0. The van der Waals surface area contributed by atoms with E-state index in [4.69, 9.17) is 9.97 Å². The summed E-state index contributed by atoms with van der Waals surface area (Å²) in [5, 5.41) is 6.31. The first kappa shape index (κ1) is 18.7. The minimum absolute atomic E-state index is 0.922. The summed E-state index contributed by atoms with van der Waals surface area (Å²) in [6.07, 6.45) is 0. The lowest BCUT2D eigenvalue weighted by molar-refractivity contribution is 1.28. The molecule has 0 amide bonds. The summed E-state index contributed by atoms with van der Waals surface area (Å²) in [5.74, 6) is 0. The Morgan fingerprint density at radius 2 is 1.28 bits per heavy atom. The normalized spacial score (nSPS) is 12.4. The van der Waals surface area contributed by atoms with Crippen LogP contribution < -0.4 is 0 Å². The number of nitrogens with zero attached hydrogens (tertiary/aromatic N) is 3. The molecule has 0 bridgehead atoms. The number of fused-ring (bicyclic) bond motifs is 10. The summed E-state index contributed by atoms with van der Waals surface area (Å²) < 4.78 is 4.96. The van der Waals surface area contributed by atoms with Gasteiger partial charge in [-0.1, -0.05) is 60.7 Å². The van der Waals surface area contributed by atoms with Gasteiger partial charge in [0.2, 0.25) is 0 Å². The number of aromatic nitrogens is 3. The van der Waals surface area contributed by atoms with Gasteiger partial charge >= 0.3 is 0 Å². The second-order valence-corrected chi connectivity index (χ2v) is 10.6. The molecular formula is C32H17N3S. The van der Waals surface area contributed by atoms with Gasteiger partial charge in [0.15, 0.2) is 5.65 Å². The van der Waals surface area contributed by atoms with Crippen LogP contribution in [0.25, 0.3) is 80.7 Å². The predicted octanol–water partition coefficient (Wildman–Crippen LogP) is 8.81. The Labute approximate surface area is 209 Å². The van der Waals surface area contributed by atoms with Gasteiger partial charge in [-0.15, -0.1) is 11.3 Å². The zero-order chi connectivity index (χ0) is 23.4. The number of hydrogen-bond donors (Lipinski definition) is 0. The van der Waals surface area contributed by atoms with Crippen LogP contribution in [0, 0.1) is 0 Å². The predicted molar refractivity (Wildman–Crippen MR) is 153 cm³/mol. The molecule has 36 heavy (non-hydrogen) atoms. The van der Waals surface area contributed by atoms with E-state index in [9.17, 15) is 0 Å². The molecular weight excluding hydrogens is 458 g/mol. The summed E-state index contributed by atoms with van der Waals surface area (Å²) in [6, 6.07) is 36.9. The first-order chi connectivity index (χ1) is 17.8. The van der Waals surface area contributed by atoms with Gasteiger partial charge in [-0.25, -0.2) is 9.97 Å². The van der Waals surface area contributed by atoms with Crippen LogP contribution in [0.5, 0.6) is 0 Å². The SMILES string of the molecule is c1ccc(-c2cc3c4cc5c(cc4n4c6nc7ccccc7nc6c(c2)c34)sc2ccccc25)cc1. The molecule has 0 radical (unpaired) electrons. The first-order valence-electron chi connectivity index (χ1n) is 12.1. The monoisotopic (exact) mass is 475 g/mol. The van der Waals surface area contributed by atoms with Crippen molar-refractivity contribution >= 4 is 80.9 Å². The van der Waals surface area contributed by atoms with Crippen molar-refractivity contribution in [2.75, 3.05) is 0 Å². The van der Waals surface area contributed by atoms with E-state index >= 15 is 0 Å². The molecule has 4 heterocycles. The molecule has 5 aromatic carbocycles. The van der Waals surface area contributed by atoms with E-state index in [0.717, 1.165) is 27.6 Å². The van der Waals surface area contributed by atoms with Crippen LogP contribution in [0.15, 0.2) is 103 Å². The van der Waals surface area contributed by atoms with Crippen LogP contribution in [0.1, 0.15) is 0 Å². The molecule has 0 aliphatic carbocycles. The molecule has 0 fully saturated rings. The third-order valence-electron chi connectivity index (χ3n) is 7.49. The number of rotatable bonds is 1. The quantitative estimate of drug-likeness (QED) is 0.237. The molecule has 4 aromatic heterocycles. The highest BCUT2D eigenvalue weighted by atomic mass is 32.1. The summed E-state index contributed by atoms with van der Waals surface area (Å²) in [5.41, 5.74) is 8.55. The van der Waals surface area contributed by atoms with Gasteiger partial charge in [-0.3, -0.25) is 4.40 Å². The smallest absolute Gasteiger partial charge is 0.165 e. The molecule has 0 saturated carbocycles. The zero-order valence-electron chi connectivity index (χ0n) is 19.1. The van der Waals surface area contributed by atoms with Crippen LogP contribution in [-0.2, 0) is 0 Å². The fraction of sp³-hybridized carbons (Fsp3) is 0. The molecule has 9 aromatic rings. The average Bonchev–Trinajstić information content (AvgIpc) is 3.56. The highest BCUT2D eigenvalue weighted by molar-refractivity contribution is 7.25. The maximum Gasteiger partial charge on any atom is 0.165 e. The Morgan fingerprint density at radius 1 is 0.528 bits per heavy atom. The Balaban J connectivity index is 1.55. The largest absolute Gasteiger partial charge is 0.291 e. The van der Waals surface area contributed by atoms with Crippen molar-refractivity contribution in [1.29, 1.82) is 0 Å². The molecule has 0 atom stereocenters. The van der Waals surface area contributed by atoms with E-state index in [1.165, 1.54) is 53.1 Å². The Kier molecular flexibility index (Phi) is 3.42. The fourth-order valence-electron chi connectivity index (χ4n) is 5.89. The third-order valence-corrected chi connectivity index (χ3v) is 8.62. The van der Waals surface area contributed by atoms with Crippen molar-refractivity contribution in [3.8, 4) is 11.1 Å². The Bertz CT molecular complexity index is 2310. The lowest BCUT2D eigenvalue weighted by atomic mass is 10.00. The van der Waals surface area contributed by atoms with E-state index in [0.29, 0.717) is 0 Å². The van der Waals surface area contributed by atoms with Crippen LogP contribution in [0.3, 0.4) is 0 Å². The Morgan fingerprint density at radius 3 is 2.17 bits per heavy atom. The molecule has 0 unspecified atom stereocenters. The molecule has 0 spiro atoms. The van der Waals surface area contributed by atoms with Gasteiger partial charge in [0.05, 0.1) is 22.1 Å². The molecule has 4 heteroatoms. The van der Waals surface area contributed by atoms with Crippen molar-refractivity contribution in [2.24, 2.45) is 0 Å². The number of hydrogen-bond acceptors (Lipinski definition) is 3. The molecule has 0 saturated heterocycles. The second-order valence-electron chi connectivity index (χ2n) is 9.47. The van der Waals surface area contributed by atoms with E-state index in [-0.39, 0.29) is 0 Å². The maximum atomic E-state index is 5.15. The Hall–Kier alpha value is -4.54. The minimum atomic E-state index is 0.922. The third kappa shape index (κ3) is 2.32. The van der Waals surface area contributed by atoms with Crippen molar-refractivity contribution < 1.29 is 0 Å². The number of para-hydroxylation sites is 2. The summed E-state index contributed by atoms with van der Waals surface area (Å²) in [7, 11) is 0. The van der Waals surface area contributed by atoms with E-state index < -0.39 is 0 Å². The molecule has 9 rings (SSSR count). The standard InChI is InChI=1S/C32H17N3S/c1-2-8-18(9-3-1)19-14-23-21-16-22-20-10-4-7-13-28(20)36-29(22)17-27(21)35-31(23)24(15-19)30-32(35)34-26-12-6-5-11-25(26)33-30/h1-17H. The lowest BCUT2D eigenvalue weighted by Crippen LogP contribution is -1.88. The molecule has 166 valence electrons. The van der Waals surface area contributed by atoms with Gasteiger partial charge in [0, 0.05) is 36.3 Å². The van der Waals surface area contributed by atoms with Gasteiger partial charge in [0.1, 0.15) is 5.52 Å². The average molecular weight is 476 g/mol. The van der Waals surface area contributed by atoms with Crippen molar-refractivity contribution in [1.82, 2.24) is 14.4 Å². The van der Waals surface area contributed by atoms with Crippen molar-refractivity contribution in [3.63, 3.8) is 0 Å². The van der Waals surface area contributed by atoms with Crippen molar-refractivity contribution in [2.45, 2.75) is 0 Å². The molecule has 0 N–H and O–H groups in total. The van der Waals surface area contributed by atoms with Gasteiger partial charge < -0.3 is 0 Å². The van der Waals surface area contributed by atoms with Crippen LogP contribution in [-0.4, -0.2) is 14.4 Å². The lowest BCUT2D eigenvalue weighted by Gasteiger charge is -2.04. The van der Waals surface area contributed by atoms with Gasteiger partial charge in [-0.05, 0) is 53.6 Å². The highest BCUT2D eigenvalue weighted by Crippen LogP contribution is 2.44. The van der Waals surface area contributed by atoms with Crippen molar-refractivity contribution in [3.05, 3.63) is 103 Å². The van der Waals surface area contributed by atoms with Crippen LogP contribution in [0.4, 0.5) is 0 Å². The van der Waals surface area contributed by atoms with Crippen LogP contribution >= 0.6 is 11.3 Å². The van der Waals surface area contributed by atoms with Crippen LogP contribution in [0.2, 0.25) is 0 Å². The maximum absolute atomic E-state index is 5.15. The minimum Gasteiger partial charge on any atom is -0.291 e. The van der Waals surface area contributed by atoms with E-state index in [1.54, 1.807) is 0 Å². The molecule has 0 aliphatic rings. The number of thiophene rings is 1. The molecule has 0 aliphatic heterocycles. The summed E-state index contributed by atoms with van der Waals surface area (Å²) >= 11 is 1.86. The number of benzene rings is 5. The van der Waals surface area contributed by atoms with Gasteiger partial charge in [0.25, 0.3) is 0 Å². The topological polar surface area (TPSA) is 30.2 Å². The zero-order valence-corrected chi connectivity index (χ0v) is 19.9. The summed E-state index contributed by atoms with van der Waals surface area (Å²) in [4.78, 5) is 10.3. The van der Waals surface area contributed by atoms with E-state index in [2.05, 4.69) is 83.3 Å². The second kappa shape index (κ2) is 6.56.